The standard InChI is InChI=1S/C17H24N2O4S/c1-12(20)24-11-14(8-5-9-18)16(21)19-15(17(22)23)10-13-6-3-2-4-7-13/h2-4,6-7,14-15H,5,8-11,18H2,1H3,(H,19,21)(H,22,23)/t14?,15-/m0/s1. The van der Waals surface area contributed by atoms with Gasteiger partial charge in [-0.15, -0.1) is 0 Å². The molecule has 0 aromatic heterocycles. The van der Waals surface area contributed by atoms with Gasteiger partial charge in [0.1, 0.15) is 6.04 Å². The largest absolute Gasteiger partial charge is 0.480 e. The Hall–Kier alpha value is -1.86. The van der Waals surface area contributed by atoms with Gasteiger partial charge < -0.3 is 16.2 Å². The van der Waals surface area contributed by atoms with Crippen LogP contribution in [0.15, 0.2) is 30.3 Å². The van der Waals surface area contributed by atoms with E-state index >= 15 is 0 Å². The van der Waals surface area contributed by atoms with Crippen LogP contribution in [-0.4, -0.2) is 40.4 Å². The fourth-order valence-corrected chi connectivity index (χ4v) is 2.97. The topological polar surface area (TPSA) is 109 Å². The molecule has 0 spiro atoms. The van der Waals surface area contributed by atoms with Crippen LogP contribution in [0.4, 0.5) is 0 Å². The molecule has 0 fully saturated rings. The Morgan fingerprint density at radius 1 is 1.25 bits per heavy atom. The van der Waals surface area contributed by atoms with E-state index in [0.29, 0.717) is 25.1 Å². The second-order valence-corrected chi connectivity index (χ2v) is 6.72. The molecule has 132 valence electrons. The van der Waals surface area contributed by atoms with Crippen LogP contribution in [0.1, 0.15) is 25.3 Å². The second kappa shape index (κ2) is 10.8. The molecule has 0 aliphatic carbocycles. The summed E-state index contributed by atoms with van der Waals surface area (Å²) in [5.74, 6) is -1.52. The van der Waals surface area contributed by atoms with E-state index in [-0.39, 0.29) is 17.4 Å². The van der Waals surface area contributed by atoms with Crippen molar-refractivity contribution >= 4 is 28.8 Å². The number of carbonyl (C=O) groups excluding carboxylic acids is 2. The molecule has 0 radical (unpaired) electrons. The van der Waals surface area contributed by atoms with Gasteiger partial charge in [-0.05, 0) is 24.9 Å². The van der Waals surface area contributed by atoms with Crippen LogP contribution < -0.4 is 11.1 Å². The predicted octanol–water partition coefficient (Wildman–Crippen LogP) is 1.43. The quantitative estimate of drug-likeness (QED) is 0.588. The molecule has 1 rings (SSSR count). The molecule has 0 heterocycles. The van der Waals surface area contributed by atoms with Gasteiger partial charge in [0.15, 0.2) is 5.12 Å². The Labute approximate surface area is 146 Å². The lowest BCUT2D eigenvalue weighted by Gasteiger charge is -2.20. The molecule has 2 atom stereocenters. The Morgan fingerprint density at radius 3 is 2.46 bits per heavy atom. The number of carboxylic acid groups (broad SMARTS) is 1. The number of hydrogen-bond acceptors (Lipinski definition) is 5. The van der Waals surface area contributed by atoms with Crippen molar-refractivity contribution in [2.75, 3.05) is 12.3 Å². The summed E-state index contributed by atoms with van der Waals surface area (Å²) in [6.07, 6.45) is 1.39. The van der Waals surface area contributed by atoms with Gasteiger partial charge in [0, 0.05) is 25.0 Å². The highest BCUT2D eigenvalue weighted by molar-refractivity contribution is 8.13. The SMILES string of the molecule is CC(=O)SCC(CCCN)C(=O)N[C@@H](Cc1ccccc1)C(=O)O. The average molecular weight is 352 g/mol. The number of amides is 1. The first-order valence-corrected chi connectivity index (χ1v) is 8.83. The van der Waals surface area contributed by atoms with E-state index < -0.39 is 17.9 Å². The van der Waals surface area contributed by atoms with E-state index in [4.69, 9.17) is 5.73 Å². The summed E-state index contributed by atoms with van der Waals surface area (Å²) in [5.41, 5.74) is 6.32. The van der Waals surface area contributed by atoms with Crippen molar-refractivity contribution in [2.45, 2.75) is 32.2 Å². The summed E-state index contributed by atoms with van der Waals surface area (Å²) in [7, 11) is 0. The lowest BCUT2D eigenvalue weighted by molar-refractivity contribution is -0.142. The number of aliphatic carboxylic acids is 1. The van der Waals surface area contributed by atoms with Crippen LogP contribution in [-0.2, 0) is 20.8 Å². The first-order valence-electron chi connectivity index (χ1n) is 7.84. The third-order valence-electron chi connectivity index (χ3n) is 3.51. The smallest absolute Gasteiger partial charge is 0.326 e. The molecule has 0 saturated heterocycles. The number of nitrogens with one attached hydrogen (secondary N) is 1. The van der Waals surface area contributed by atoms with Crippen molar-refractivity contribution in [2.24, 2.45) is 11.7 Å². The van der Waals surface area contributed by atoms with E-state index in [2.05, 4.69) is 5.32 Å². The van der Waals surface area contributed by atoms with Gasteiger partial charge in [-0.1, -0.05) is 42.1 Å². The lowest BCUT2D eigenvalue weighted by atomic mass is 10.0. The monoisotopic (exact) mass is 352 g/mol. The minimum absolute atomic E-state index is 0.0698. The molecule has 1 amide bonds. The Kier molecular flexibility index (Phi) is 9.11. The van der Waals surface area contributed by atoms with Crippen LogP contribution in [0.5, 0.6) is 0 Å². The number of nitrogens with two attached hydrogens (primary N) is 1. The summed E-state index contributed by atoms with van der Waals surface area (Å²) in [6, 6.07) is 8.13. The van der Waals surface area contributed by atoms with Crippen LogP contribution in [0, 0.1) is 5.92 Å². The van der Waals surface area contributed by atoms with Gasteiger partial charge >= 0.3 is 5.97 Å². The zero-order valence-corrected chi connectivity index (χ0v) is 14.6. The average Bonchev–Trinajstić information content (AvgIpc) is 2.54. The maximum atomic E-state index is 12.4. The first-order chi connectivity index (χ1) is 11.4. The number of hydrogen-bond donors (Lipinski definition) is 3. The van der Waals surface area contributed by atoms with Crippen LogP contribution >= 0.6 is 11.8 Å². The van der Waals surface area contributed by atoms with Crippen molar-refractivity contribution in [3.63, 3.8) is 0 Å². The summed E-state index contributed by atoms with van der Waals surface area (Å²) in [4.78, 5) is 35.0. The van der Waals surface area contributed by atoms with E-state index in [1.54, 1.807) is 0 Å². The molecule has 7 heteroatoms. The highest BCUT2D eigenvalue weighted by atomic mass is 32.2. The van der Waals surface area contributed by atoms with Gasteiger partial charge in [0.25, 0.3) is 0 Å². The minimum Gasteiger partial charge on any atom is -0.480 e. The van der Waals surface area contributed by atoms with Crippen LogP contribution in [0.3, 0.4) is 0 Å². The van der Waals surface area contributed by atoms with Gasteiger partial charge in [0.2, 0.25) is 5.91 Å². The zero-order chi connectivity index (χ0) is 17.9. The number of thioether (sulfide) groups is 1. The molecule has 1 aromatic rings. The Morgan fingerprint density at radius 2 is 1.92 bits per heavy atom. The van der Waals surface area contributed by atoms with Crippen LogP contribution in [0.2, 0.25) is 0 Å². The van der Waals surface area contributed by atoms with Gasteiger partial charge in [-0.25, -0.2) is 4.79 Å². The van der Waals surface area contributed by atoms with E-state index in [9.17, 15) is 19.5 Å². The molecule has 1 aromatic carbocycles. The summed E-state index contributed by atoms with van der Waals surface area (Å²) in [6.45, 7) is 1.89. The molecular formula is C17H24N2O4S. The fraction of sp³-hybridized carbons (Fsp3) is 0.471. The normalized spacial score (nSPS) is 13.1. The number of benzene rings is 1. The maximum Gasteiger partial charge on any atom is 0.326 e. The highest BCUT2D eigenvalue weighted by Gasteiger charge is 2.25. The first kappa shape index (κ1) is 20.2. The van der Waals surface area contributed by atoms with E-state index in [0.717, 1.165) is 17.3 Å². The zero-order valence-electron chi connectivity index (χ0n) is 13.7. The van der Waals surface area contributed by atoms with Gasteiger partial charge in [-0.2, -0.15) is 0 Å². The van der Waals surface area contributed by atoms with E-state index in [1.807, 2.05) is 30.3 Å². The Bertz CT molecular complexity index is 551. The molecule has 0 aliphatic rings. The number of carboxylic acids is 1. The fourth-order valence-electron chi connectivity index (χ4n) is 2.21. The van der Waals surface area contributed by atoms with Gasteiger partial charge in [-0.3, -0.25) is 9.59 Å². The van der Waals surface area contributed by atoms with Crippen molar-refractivity contribution in [1.82, 2.24) is 5.32 Å². The summed E-state index contributed by atoms with van der Waals surface area (Å²) < 4.78 is 0. The molecule has 4 N–H and O–H groups in total. The third-order valence-corrected chi connectivity index (χ3v) is 4.49. The minimum atomic E-state index is -1.08. The summed E-state index contributed by atoms with van der Waals surface area (Å²) >= 11 is 1.07. The molecule has 1 unspecified atom stereocenters. The van der Waals surface area contributed by atoms with Crippen molar-refractivity contribution in [3.05, 3.63) is 35.9 Å². The van der Waals surface area contributed by atoms with E-state index in [1.165, 1.54) is 6.92 Å². The molecule has 24 heavy (non-hydrogen) atoms. The second-order valence-electron chi connectivity index (χ2n) is 5.52. The van der Waals surface area contributed by atoms with Crippen molar-refractivity contribution < 1.29 is 19.5 Å². The predicted molar refractivity (Wildman–Crippen MR) is 94.6 cm³/mol. The molecule has 0 aliphatic heterocycles. The highest BCUT2D eigenvalue weighted by Crippen LogP contribution is 2.16. The third kappa shape index (κ3) is 7.61. The number of rotatable bonds is 10. The summed E-state index contributed by atoms with van der Waals surface area (Å²) in [5, 5.41) is 11.9. The molecule has 0 saturated carbocycles. The molecule has 6 nitrogen and oxygen atoms in total. The van der Waals surface area contributed by atoms with Crippen molar-refractivity contribution in [1.29, 1.82) is 0 Å². The van der Waals surface area contributed by atoms with Gasteiger partial charge in [0.05, 0.1) is 0 Å². The van der Waals surface area contributed by atoms with Crippen molar-refractivity contribution in [3.8, 4) is 0 Å². The number of carbonyl (C=O) groups is 3. The Balaban J connectivity index is 2.71. The maximum absolute atomic E-state index is 12.4. The molecule has 0 bridgehead atoms. The molecular weight excluding hydrogens is 328 g/mol. The lowest BCUT2D eigenvalue weighted by Crippen LogP contribution is -2.45. The van der Waals surface area contributed by atoms with Crippen LogP contribution in [0.25, 0.3) is 0 Å².